The van der Waals surface area contributed by atoms with E-state index in [0.29, 0.717) is 18.8 Å². The second-order valence-electron chi connectivity index (χ2n) is 12.1. The number of methoxy groups -OCH3 is 1. The van der Waals surface area contributed by atoms with Crippen LogP contribution in [0.4, 0.5) is 0 Å². The van der Waals surface area contributed by atoms with Crippen molar-refractivity contribution < 1.29 is 47.5 Å². The highest BCUT2D eigenvalue weighted by Crippen LogP contribution is 2.31. The summed E-state index contributed by atoms with van der Waals surface area (Å²) in [7, 11) is 1.56. The molecule has 266 valence electrons. The van der Waals surface area contributed by atoms with Crippen LogP contribution in [0.15, 0.2) is 133 Å². The zero-order chi connectivity index (χ0) is 35.3. The second-order valence-corrected chi connectivity index (χ2v) is 12.1. The fourth-order valence-electron chi connectivity index (χ4n) is 5.84. The molecular weight excluding hydrogens is 652 g/mol. The maximum Gasteiger partial charge on any atom is 0.338 e. The molecule has 0 bridgehead atoms. The van der Waals surface area contributed by atoms with Crippen molar-refractivity contribution in [1.82, 2.24) is 0 Å². The molecule has 0 radical (unpaired) electrons. The van der Waals surface area contributed by atoms with Gasteiger partial charge in [0.25, 0.3) is 0 Å². The van der Waals surface area contributed by atoms with Crippen molar-refractivity contribution in [2.75, 3.05) is 20.3 Å². The van der Waals surface area contributed by atoms with E-state index < -0.39 is 49.1 Å². The average molecular weight is 695 g/mol. The van der Waals surface area contributed by atoms with Gasteiger partial charge in [-0.15, -0.1) is 0 Å². The Morgan fingerprint density at radius 2 is 1.12 bits per heavy atom. The van der Waals surface area contributed by atoms with Gasteiger partial charge in [-0.05, 0) is 41.0 Å². The molecule has 0 spiro atoms. The second kappa shape index (κ2) is 18.6. The lowest BCUT2D eigenvalue weighted by molar-refractivity contribution is -0.327. The van der Waals surface area contributed by atoms with Crippen LogP contribution in [0.3, 0.4) is 0 Å². The molecule has 1 saturated heterocycles. The normalized spacial score (nSPS) is 24.6. The first-order valence-electron chi connectivity index (χ1n) is 16.9. The molecule has 10 heteroatoms. The third-order valence-electron chi connectivity index (χ3n) is 8.51. The third kappa shape index (κ3) is 10.3. The molecule has 0 aromatic heterocycles. The molecule has 0 N–H and O–H groups in total. The van der Waals surface area contributed by atoms with E-state index in [0.717, 1.165) is 16.7 Å². The van der Waals surface area contributed by atoms with Crippen LogP contribution in [0.1, 0.15) is 27.0 Å². The van der Waals surface area contributed by atoms with Crippen LogP contribution in [-0.4, -0.2) is 75.2 Å². The first-order chi connectivity index (χ1) is 25.1. The zero-order valence-corrected chi connectivity index (χ0v) is 28.4. The predicted octanol–water partition coefficient (Wildman–Crippen LogP) is 5.84. The summed E-state index contributed by atoms with van der Waals surface area (Å²) in [6.07, 6.45) is -2.55. The minimum atomic E-state index is -1.03. The number of hydrogen-bond donors (Lipinski definition) is 0. The van der Waals surface area contributed by atoms with Crippen LogP contribution in [0.5, 0.6) is 0 Å². The van der Waals surface area contributed by atoms with Gasteiger partial charge in [-0.2, -0.15) is 0 Å². The van der Waals surface area contributed by atoms with Crippen molar-refractivity contribution in [3.8, 4) is 0 Å². The van der Waals surface area contributed by atoms with Gasteiger partial charge in [-0.25, -0.2) is 4.79 Å². The van der Waals surface area contributed by atoms with Gasteiger partial charge in [0, 0.05) is 7.11 Å². The van der Waals surface area contributed by atoms with Crippen LogP contribution in [0, 0.1) is 0 Å². The van der Waals surface area contributed by atoms with E-state index in [1.165, 1.54) is 12.2 Å². The van der Waals surface area contributed by atoms with Gasteiger partial charge in [-0.3, -0.25) is 4.79 Å². The molecule has 1 fully saturated rings. The molecule has 0 saturated carbocycles. The van der Waals surface area contributed by atoms with Crippen molar-refractivity contribution in [3.05, 3.63) is 156 Å². The molecule has 0 amide bonds. The van der Waals surface area contributed by atoms with E-state index in [2.05, 4.69) is 0 Å². The van der Waals surface area contributed by atoms with Crippen molar-refractivity contribution >= 4 is 11.8 Å². The fourth-order valence-corrected chi connectivity index (χ4v) is 5.84. The summed E-state index contributed by atoms with van der Waals surface area (Å²) in [4.78, 5) is 25.1. The molecule has 2 heterocycles. The Hall–Kier alpha value is -4.52. The van der Waals surface area contributed by atoms with Crippen molar-refractivity contribution in [2.45, 2.75) is 62.9 Å². The SMILES string of the molecule is CO[C@H]1O[C@H](CO[C@@H]2C=CC(=O)[C@@H](COC(=O)c3ccccc3)O2)[C@@H](OCc2ccccc2)[C@H](OCc2ccccc2)[C@H]1OCc1ccccc1. The first kappa shape index (κ1) is 36.3. The lowest BCUT2D eigenvalue weighted by Gasteiger charge is -2.45. The lowest BCUT2D eigenvalue weighted by Crippen LogP contribution is -2.61. The number of carbonyl (C=O) groups excluding carboxylic acids is 2. The Morgan fingerprint density at radius 3 is 1.67 bits per heavy atom. The van der Waals surface area contributed by atoms with E-state index in [4.69, 9.17) is 37.9 Å². The molecule has 0 unspecified atom stereocenters. The Labute approximate surface area is 297 Å². The fraction of sp³-hybridized carbons (Fsp3) is 0.317. The Balaban J connectivity index is 1.18. The summed E-state index contributed by atoms with van der Waals surface area (Å²) >= 11 is 0. The van der Waals surface area contributed by atoms with Gasteiger partial charge >= 0.3 is 5.97 Å². The minimum absolute atomic E-state index is 0.00433. The van der Waals surface area contributed by atoms with Gasteiger partial charge in [0.15, 0.2) is 24.5 Å². The van der Waals surface area contributed by atoms with Crippen molar-refractivity contribution in [3.63, 3.8) is 0 Å². The summed E-state index contributed by atoms with van der Waals surface area (Å²) < 4.78 is 49.6. The van der Waals surface area contributed by atoms with Gasteiger partial charge in [0.1, 0.15) is 31.0 Å². The smallest absolute Gasteiger partial charge is 0.338 e. The van der Waals surface area contributed by atoms with Crippen LogP contribution >= 0.6 is 0 Å². The lowest BCUT2D eigenvalue weighted by atomic mass is 9.97. The Kier molecular flexibility index (Phi) is 13.3. The highest BCUT2D eigenvalue weighted by molar-refractivity contribution is 5.95. The predicted molar refractivity (Wildman–Crippen MR) is 186 cm³/mol. The molecule has 51 heavy (non-hydrogen) atoms. The monoisotopic (exact) mass is 694 g/mol. The molecule has 7 atom stereocenters. The quantitative estimate of drug-likeness (QED) is 0.133. The summed E-state index contributed by atoms with van der Waals surface area (Å²) in [5.41, 5.74) is 3.32. The standard InChI is InChI=1S/C41H42O10/c1-44-41-39(48-26-31-18-10-4-11-19-31)38(47-25-30-16-8-3-9-17-30)37(46-24-29-14-6-2-7-15-29)35(51-41)28-45-36-23-22-33(42)34(50-36)27-49-40(43)32-20-12-5-13-21-32/h2-23,34-39,41H,24-28H2,1H3/t34-,35-,36+,37-,38+,39-,41+/m1/s1. The summed E-state index contributed by atoms with van der Waals surface area (Å²) in [5.74, 6) is -0.884. The number of esters is 1. The number of benzene rings is 4. The highest BCUT2D eigenvalue weighted by atomic mass is 16.7. The highest BCUT2D eigenvalue weighted by Gasteiger charge is 2.49. The van der Waals surface area contributed by atoms with Gasteiger partial charge < -0.3 is 37.9 Å². The maximum atomic E-state index is 12.6. The van der Waals surface area contributed by atoms with E-state index in [1.54, 1.807) is 37.4 Å². The maximum absolute atomic E-state index is 12.6. The van der Waals surface area contributed by atoms with Crippen molar-refractivity contribution in [2.24, 2.45) is 0 Å². The number of carbonyl (C=O) groups is 2. The number of ketones is 1. The van der Waals surface area contributed by atoms with Crippen LogP contribution in [0.25, 0.3) is 0 Å². The molecule has 10 nitrogen and oxygen atoms in total. The average Bonchev–Trinajstić information content (AvgIpc) is 3.19. The number of rotatable bonds is 16. The van der Waals surface area contributed by atoms with E-state index in [-0.39, 0.29) is 25.6 Å². The summed E-state index contributed by atoms with van der Waals surface area (Å²) in [6.45, 7) is 0.614. The van der Waals surface area contributed by atoms with Gasteiger partial charge in [0.2, 0.25) is 0 Å². The van der Waals surface area contributed by atoms with Crippen LogP contribution in [0.2, 0.25) is 0 Å². The van der Waals surface area contributed by atoms with E-state index >= 15 is 0 Å². The Bertz CT molecular complexity index is 1670. The minimum Gasteiger partial charge on any atom is -0.459 e. The topological polar surface area (TPSA) is 108 Å². The summed E-state index contributed by atoms with van der Waals surface area (Å²) in [6, 6.07) is 38.1. The molecular formula is C41H42O10. The number of hydrogen-bond acceptors (Lipinski definition) is 10. The molecule has 6 rings (SSSR count). The summed E-state index contributed by atoms with van der Waals surface area (Å²) in [5, 5.41) is 0. The third-order valence-corrected chi connectivity index (χ3v) is 8.51. The molecule has 2 aliphatic rings. The molecule has 2 aliphatic heterocycles. The first-order valence-corrected chi connectivity index (χ1v) is 16.9. The molecule has 4 aromatic carbocycles. The van der Waals surface area contributed by atoms with E-state index in [1.807, 2.05) is 91.0 Å². The van der Waals surface area contributed by atoms with Crippen molar-refractivity contribution in [1.29, 1.82) is 0 Å². The number of ether oxygens (including phenoxy) is 8. The van der Waals surface area contributed by atoms with Crippen LogP contribution < -0.4 is 0 Å². The zero-order valence-electron chi connectivity index (χ0n) is 28.4. The molecule has 4 aromatic rings. The Morgan fingerprint density at radius 1 is 0.608 bits per heavy atom. The van der Waals surface area contributed by atoms with Gasteiger partial charge in [-0.1, -0.05) is 109 Å². The largest absolute Gasteiger partial charge is 0.459 e. The van der Waals surface area contributed by atoms with E-state index in [9.17, 15) is 9.59 Å². The van der Waals surface area contributed by atoms with Gasteiger partial charge in [0.05, 0.1) is 32.0 Å². The van der Waals surface area contributed by atoms with Crippen LogP contribution in [-0.2, 0) is 62.5 Å². The molecule has 0 aliphatic carbocycles.